The van der Waals surface area contributed by atoms with E-state index in [1.54, 1.807) is 42.5 Å². The Kier molecular flexibility index (Phi) is 6.11. The first-order valence-corrected chi connectivity index (χ1v) is 7.33. The zero-order valence-corrected chi connectivity index (χ0v) is 13.8. The molecule has 0 spiro atoms. The molecule has 0 atom stereocenters. The van der Waals surface area contributed by atoms with E-state index in [0.717, 1.165) is 0 Å². The summed E-state index contributed by atoms with van der Waals surface area (Å²) < 4.78 is 15.2. The lowest BCUT2D eigenvalue weighted by atomic mass is 10.2. The number of nitrogens with one attached hydrogen (secondary N) is 1. The summed E-state index contributed by atoms with van der Waals surface area (Å²) >= 11 is 0. The fourth-order valence-corrected chi connectivity index (χ4v) is 2.02. The highest BCUT2D eigenvalue weighted by atomic mass is 16.5. The van der Waals surface area contributed by atoms with Crippen molar-refractivity contribution in [3.8, 4) is 17.2 Å². The maximum atomic E-state index is 11.6. The van der Waals surface area contributed by atoms with Gasteiger partial charge >= 0.3 is 5.97 Å². The quantitative estimate of drug-likeness (QED) is 0.472. The molecule has 25 heavy (non-hydrogen) atoms. The van der Waals surface area contributed by atoms with E-state index in [1.165, 1.54) is 14.2 Å². The van der Waals surface area contributed by atoms with Crippen LogP contribution in [0.5, 0.6) is 17.2 Å². The predicted molar refractivity (Wildman–Crippen MR) is 90.2 cm³/mol. The first kappa shape index (κ1) is 18.0. The van der Waals surface area contributed by atoms with Crippen LogP contribution in [-0.4, -0.2) is 32.4 Å². The lowest BCUT2D eigenvalue weighted by Crippen LogP contribution is -2.17. The van der Waals surface area contributed by atoms with Crippen molar-refractivity contribution in [2.45, 2.75) is 6.42 Å². The number of amides is 1. The molecule has 0 aliphatic heterocycles. The maximum Gasteiger partial charge on any atom is 0.315 e. The van der Waals surface area contributed by atoms with Gasteiger partial charge in [-0.25, -0.2) is 0 Å². The molecule has 1 N–H and O–H groups in total. The van der Waals surface area contributed by atoms with Crippen molar-refractivity contribution in [1.82, 2.24) is 0 Å². The number of ether oxygens (including phenoxy) is 3. The van der Waals surface area contributed by atoms with Gasteiger partial charge in [0.25, 0.3) is 0 Å². The largest absolute Gasteiger partial charge is 0.496 e. The van der Waals surface area contributed by atoms with Crippen molar-refractivity contribution in [2.75, 3.05) is 19.5 Å². The summed E-state index contributed by atoms with van der Waals surface area (Å²) in [6, 6.07) is 11.5. The Morgan fingerprint density at radius 2 is 1.72 bits per heavy atom. The van der Waals surface area contributed by atoms with Gasteiger partial charge in [0.05, 0.1) is 19.8 Å². The van der Waals surface area contributed by atoms with E-state index in [-0.39, 0.29) is 6.42 Å². The molecule has 0 aliphatic rings. The second-order valence-corrected chi connectivity index (χ2v) is 4.95. The summed E-state index contributed by atoms with van der Waals surface area (Å²) in [6.45, 7) is 0. The SMILES string of the molecule is COC(=O)CC(=O)Nc1ccc(Oc2ccc(OC)c(C=O)c2)cc1. The number of carbonyl (C=O) groups is 3. The van der Waals surface area contributed by atoms with Crippen LogP contribution in [0.25, 0.3) is 0 Å². The number of carbonyl (C=O) groups excluding carboxylic acids is 3. The van der Waals surface area contributed by atoms with E-state index >= 15 is 0 Å². The fraction of sp³-hybridized carbons (Fsp3) is 0.167. The zero-order valence-electron chi connectivity index (χ0n) is 13.8. The van der Waals surface area contributed by atoms with Crippen molar-refractivity contribution >= 4 is 23.9 Å². The average molecular weight is 343 g/mol. The van der Waals surface area contributed by atoms with Crippen molar-refractivity contribution < 1.29 is 28.6 Å². The Balaban J connectivity index is 2.02. The normalized spacial score (nSPS) is 9.84. The van der Waals surface area contributed by atoms with Crippen molar-refractivity contribution in [3.63, 3.8) is 0 Å². The molecule has 7 nitrogen and oxygen atoms in total. The number of methoxy groups -OCH3 is 2. The number of esters is 1. The van der Waals surface area contributed by atoms with Crippen LogP contribution in [0.15, 0.2) is 42.5 Å². The minimum Gasteiger partial charge on any atom is -0.496 e. The summed E-state index contributed by atoms with van der Waals surface area (Å²) in [5, 5.41) is 2.57. The second kappa shape index (κ2) is 8.49. The van der Waals surface area contributed by atoms with Gasteiger partial charge in [-0.15, -0.1) is 0 Å². The molecule has 2 aromatic carbocycles. The predicted octanol–water partition coefficient (Wildman–Crippen LogP) is 2.80. The molecule has 0 fully saturated rings. The molecule has 0 saturated heterocycles. The Labute approximate surface area is 144 Å². The first-order chi connectivity index (χ1) is 12.0. The zero-order chi connectivity index (χ0) is 18.2. The molecule has 0 radical (unpaired) electrons. The summed E-state index contributed by atoms with van der Waals surface area (Å²) in [7, 11) is 2.70. The van der Waals surface area contributed by atoms with Gasteiger partial charge in [-0.05, 0) is 42.5 Å². The molecule has 130 valence electrons. The van der Waals surface area contributed by atoms with Gasteiger partial charge in [0.1, 0.15) is 23.7 Å². The van der Waals surface area contributed by atoms with Gasteiger partial charge < -0.3 is 19.5 Å². The fourth-order valence-electron chi connectivity index (χ4n) is 2.02. The van der Waals surface area contributed by atoms with Crippen molar-refractivity contribution in [2.24, 2.45) is 0 Å². The van der Waals surface area contributed by atoms with Crippen LogP contribution in [0.1, 0.15) is 16.8 Å². The third kappa shape index (κ3) is 5.07. The number of hydrogen-bond donors (Lipinski definition) is 1. The third-order valence-corrected chi connectivity index (χ3v) is 3.23. The summed E-state index contributed by atoms with van der Waals surface area (Å²) in [4.78, 5) is 33.7. The van der Waals surface area contributed by atoms with E-state index in [0.29, 0.717) is 34.8 Å². The van der Waals surface area contributed by atoms with Crippen LogP contribution < -0.4 is 14.8 Å². The van der Waals surface area contributed by atoms with Gasteiger partial charge in [-0.1, -0.05) is 0 Å². The highest BCUT2D eigenvalue weighted by Crippen LogP contribution is 2.27. The molecule has 2 aromatic rings. The summed E-state index contributed by atoms with van der Waals surface area (Å²) in [6.07, 6.45) is 0.334. The van der Waals surface area contributed by atoms with Crippen LogP contribution in [0, 0.1) is 0 Å². The Morgan fingerprint density at radius 1 is 1.04 bits per heavy atom. The molecule has 0 bridgehead atoms. The summed E-state index contributed by atoms with van der Waals surface area (Å²) in [5.74, 6) is 0.388. The Hall–Kier alpha value is -3.35. The second-order valence-electron chi connectivity index (χ2n) is 4.95. The molecule has 0 unspecified atom stereocenters. The van der Waals surface area contributed by atoms with Gasteiger partial charge in [0.15, 0.2) is 6.29 Å². The smallest absolute Gasteiger partial charge is 0.315 e. The first-order valence-electron chi connectivity index (χ1n) is 7.33. The molecule has 1 amide bonds. The van der Waals surface area contributed by atoms with Gasteiger partial charge in [0.2, 0.25) is 5.91 Å². The van der Waals surface area contributed by atoms with Crippen LogP contribution in [0.3, 0.4) is 0 Å². The average Bonchev–Trinajstić information content (AvgIpc) is 2.63. The molecule has 0 aliphatic carbocycles. The van der Waals surface area contributed by atoms with E-state index < -0.39 is 11.9 Å². The number of anilines is 1. The van der Waals surface area contributed by atoms with Crippen LogP contribution >= 0.6 is 0 Å². The van der Waals surface area contributed by atoms with E-state index in [2.05, 4.69) is 10.1 Å². The maximum absolute atomic E-state index is 11.6. The highest BCUT2D eigenvalue weighted by molar-refractivity contribution is 6.01. The third-order valence-electron chi connectivity index (χ3n) is 3.23. The lowest BCUT2D eigenvalue weighted by Gasteiger charge is -2.10. The molecular weight excluding hydrogens is 326 g/mol. The number of benzene rings is 2. The van der Waals surface area contributed by atoms with Crippen LogP contribution in [0.2, 0.25) is 0 Å². The molecular formula is C18H17NO6. The molecule has 0 heterocycles. The highest BCUT2D eigenvalue weighted by Gasteiger charge is 2.10. The molecule has 2 rings (SSSR count). The van der Waals surface area contributed by atoms with E-state index in [1.807, 2.05) is 0 Å². The molecule has 0 aromatic heterocycles. The lowest BCUT2D eigenvalue weighted by molar-refractivity contribution is -0.142. The van der Waals surface area contributed by atoms with Crippen molar-refractivity contribution in [1.29, 1.82) is 0 Å². The standard InChI is InChI=1S/C18H17NO6/c1-23-16-8-7-15(9-12(16)11-20)25-14-5-3-13(4-6-14)19-17(21)10-18(22)24-2/h3-9,11H,10H2,1-2H3,(H,19,21). The van der Waals surface area contributed by atoms with Crippen LogP contribution in [-0.2, 0) is 14.3 Å². The number of rotatable bonds is 7. The molecule has 0 saturated carbocycles. The monoisotopic (exact) mass is 343 g/mol. The number of hydrogen-bond acceptors (Lipinski definition) is 6. The van der Waals surface area contributed by atoms with Gasteiger partial charge in [0, 0.05) is 5.69 Å². The van der Waals surface area contributed by atoms with Gasteiger partial charge in [-0.3, -0.25) is 14.4 Å². The van der Waals surface area contributed by atoms with E-state index in [4.69, 9.17) is 9.47 Å². The summed E-state index contributed by atoms with van der Waals surface area (Å²) in [5.41, 5.74) is 0.899. The van der Waals surface area contributed by atoms with Crippen LogP contribution in [0.4, 0.5) is 5.69 Å². The molecule has 7 heteroatoms. The Morgan fingerprint density at radius 3 is 2.32 bits per heavy atom. The minimum atomic E-state index is -0.608. The topological polar surface area (TPSA) is 90.9 Å². The van der Waals surface area contributed by atoms with Gasteiger partial charge in [-0.2, -0.15) is 0 Å². The number of aldehydes is 1. The Bertz CT molecular complexity index is 770. The van der Waals surface area contributed by atoms with Crippen molar-refractivity contribution in [3.05, 3.63) is 48.0 Å². The van der Waals surface area contributed by atoms with E-state index in [9.17, 15) is 14.4 Å². The minimum absolute atomic E-state index is 0.352.